The Morgan fingerprint density at radius 1 is 1.00 bits per heavy atom. The van der Waals surface area contributed by atoms with E-state index in [9.17, 15) is 4.79 Å². The smallest absolute Gasteiger partial charge is 0.259 e. The zero-order chi connectivity index (χ0) is 24.2. The first-order chi connectivity index (χ1) is 17.1. The largest absolute Gasteiger partial charge is 0.488 e. The molecule has 1 aliphatic rings. The molecule has 1 fully saturated rings. The summed E-state index contributed by atoms with van der Waals surface area (Å²) in [6.45, 7) is 5.65. The number of benzene rings is 2. The molecular formula is C27H28N6O2. The summed E-state index contributed by atoms with van der Waals surface area (Å²) in [4.78, 5) is 19.8. The lowest BCUT2D eigenvalue weighted by Gasteiger charge is -2.28. The first-order valence-corrected chi connectivity index (χ1v) is 11.9. The van der Waals surface area contributed by atoms with Crippen LogP contribution < -0.4 is 4.74 Å². The third-order valence-electron chi connectivity index (χ3n) is 6.31. The Labute approximate surface area is 204 Å². The third-order valence-corrected chi connectivity index (χ3v) is 6.31. The van der Waals surface area contributed by atoms with Crippen molar-refractivity contribution >= 4 is 5.91 Å². The molecule has 0 bridgehead atoms. The van der Waals surface area contributed by atoms with E-state index in [-0.39, 0.29) is 5.91 Å². The van der Waals surface area contributed by atoms with Crippen LogP contribution in [-0.2, 0) is 6.61 Å². The van der Waals surface area contributed by atoms with Crippen molar-refractivity contribution in [1.82, 2.24) is 30.5 Å². The number of aryl methyl sites for hydroxylation is 2. The molecule has 0 spiro atoms. The van der Waals surface area contributed by atoms with E-state index in [2.05, 4.69) is 43.8 Å². The molecule has 1 N–H and O–H groups in total. The van der Waals surface area contributed by atoms with Gasteiger partial charge >= 0.3 is 0 Å². The number of ether oxygens (including phenoxy) is 1. The van der Waals surface area contributed by atoms with Crippen LogP contribution in [0.4, 0.5) is 0 Å². The van der Waals surface area contributed by atoms with Crippen molar-refractivity contribution in [3.05, 3.63) is 77.1 Å². The average molecular weight is 469 g/mol. The van der Waals surface area contributed by atoms with Crippen LogP contribution in [-0.4, -0.2) is 49.5 Å². The molecule has 0 aliphatic carbocycles. The van der Waals surface area contributed by atoms with Gasteiger partial charge in [-0.05, 0) is 66.3 Å². The molecule has 0 unspecified atom stereocenters. The molecule has 4 aromatic rings. The monoisotopic (exact) mass is 468 g/mol. The number of aromatic amines is 1. The maximum atomic E-state index is 13.4. The number of rotatable bonds is 6. The number of nitrogens with one attached hydrogen (secondary N) is 1. The minimum atomic E-state index is -0.00227. The maximum Gasteiger partial charge on any atom is 0.259 e. The number of carbonyl (C=O) groups is 1. The lowest BCUT2D eigenvalue weighted by molar-refractivity contribution is 0.0718. The Morgan fingerprint density at radius 3 is 2.54 bits per heavy atom. The van der Waals surface area contributed by atoms with E-state index in [1.54, 1.807) is 0 Å². The van der Waals surface area contributed by atoms with Crippen LogP contribution in [0.1, 0.15) is 46.6 Å². The van der Waals surface area contributed by atoms with Gasteiger partial charge in [0.2, 0.25) is 0 Å². The lowest BCUT2D eigenvalue weighted by Crippen LogP contribution is -2.36. The van der Waals surface area contributed by atoms with Gasteiger partial charge in [-0.15, -0.1) is 5.10 Å². The molecular weight excluding hydrogens is 440 g/mol. The van der Waals surface area contributed by atoms with Crippen LogP contribution in [0.15, 0.2) is 54.6 Å². The molecule has 2 aromatic carbocycles. The summed E-state index contributed by atoms with van der Waals surface area (Å²) < 4.78 is 6.27. The summed E-state index contributed by atoms with van der Waals surface area (Å²) in [5, 5.41) is 14.5. The summed E-state index contributed by atoms with van der Waals surface area (Å²) >= 11 is 0. The number of tetrazole rings is 1. The molecule has 0 radical (unpaired) electrons. The highest BCUT2D eigenvalue weighted by atomic mass is 16.5. The topological polar surface area (TPSA) is 96.9 Å². The Bertz CT molecular complexity index is 1320. The number of hydrogen-bond donors (Lipinski definition) is 1. The van der Waals surface area contributed by atoms with Crippen molar-refractivity contribution < 1.29 is 9.53 Å². The summed E-state index contributed by atoms with van der Waals surface area (Å²) in [7, 11) is 0. The Balaban J connectivity index is 1.45. The molecule has 35 heavy (non-hydrogen) atoms. The first-order valence-electron chi connectivity index (χ1n) is 11.9. The van der Waals surface area contributed by atoms with Gasteiger partial charge in [-0.1, -0.05) is 42.5 Å². The summed E-state index contributed by atoms with van der Waals surface area (Å²) in [6.07, 6.45) is 3.24. The summed E-state index contributed by atoms with van der Waals surface area (Å²) in [5.41, 5.74) is 5.99. The van der Waals surface area contributed by atoms with E-state index in [4.69, 9.17) is 4.74 Å². The van der Waals surface area contributed by atoms with Crippen LogP contribution in [0.5, 0.6) is 5.75 Å². The average Bonchev–Trinajstić information content (AvgIpc) is 3.43. The minimum absolute atomic E-state index is 0.00227. The van der Waals surface area contributed by atoms with Crippen molar-refractivity contribution in [2.24, 2.45) is 0 Å². The predicted molar refractivity (Wildman–Crippen MR) is 133 cm³/mol. The van der Waals surface area contributed by atoms with E-state index in [0.29, 0.717) is 29.4 Å². The number of piperidine rings is 1. The van der Waals surface area contributed by atoms with Crippen LogP contribution in [0, 0.1) is 13.8 Å². The van der Waals surface area contributed by atoms with Gasteiger partial charge in [0.05, 0.1) is 5.69 Å². The third kappa shape index (κ3) is 4.91. The second-order valence-corrected chi connectivity index (χ2v) is 8.86. The van der Waals surface area contributed by atoms with Gasteiger partial charge in [0.15, 0.2) is 5.82 Å². The van der Waals surface area contributed by atoms with Crippen LogP contribution in [0.25, 0.3) is 22.5 Å². The van der Waals surface area contributed by atoms with Gasteiger partial charge in [-0.3, -0.25) is 9.78 Å². The number of amides is 1. The van der Waals surface area contributed by atoms with E-state index in [1.807, 2.05) is 55.1 Å². The van der Waals surface area contributed by atoms with Crippen molar-refractivity contribution in [1.29, 1.82) is 0 Å². The van der Waals surface area contributed by atoms with Gasteiger partial charge in [-0.2, -0.15) is 0 Å². The number of pyridine rings is 1. The molecule has 1 amide bonds. The molecule has 0 atom stereocenters. The molecule has 3 heterocycles. The Hall–Kier alpha value is -4.07. The SMILES string of the molecule is Cc1cc(OCc2ccc(-c3ccccc3)c(-c3nnn[nH]3)c2)c(C(=O)N2CCCCC2)c(C)n1. The number of hydrogen-bond acceptors (Lipinski definition) is 6. The summed E-state index contributed by atoms with van der Waals surface area (Å²) in [6, 6.07) is 18.1. The molecule has 8 nitrogen and oxygen atoms in total. The second-order valence-electron chi connectivity index (χ2n) is 8.86. The molecule has 5 rings (SSSR count). The van der Waals surface area contributed by atoms with E-state index in [1.165, 1.54) is 6.42 Å². The number of H-pyrrole nitrogens is 1. The first kappa shape index (κ1) is 22.7. The number of nitrogens with zero attached hydrogens (tertiary/aromatic N) is 5. The highest BCUT2D eigenvalue weighted by Crippen LogP contribution is 2.32. The second kappa shape index (κ2) is 10.0. The minimum Gasteiger partial charge on any atom is -0.488 e. The Kier molecular flexibility index (Phi) is 6.52. The van der Waals surface area contributed by atoms with E-state index < -0.39 is 0 Å². The summed E-state index contributed by atoms with van der Waals surface area (Å²) in [5.74, 6) is 1.15. The van der Waals surface area contributed by atoms with Crippen LogP contribution >= 0.6 is 0 Å². The molecule has 1 aliphatic heterocycles. The maximum absolute atomic E-state index is 13.4. The number of aromatic nitrogens is 5. The standard InChI is InChI=1S/C27H28N6O2/c1-18-15-24(25(19(2)28-18)27(34)33-13-7-4-8-14-33)35-17-20-11-12-22(21-9-5-3-6-10-21)23(16-20)26-29-31-32-30-26/h3,5-6,9-12,15-16H,4,7-8,13-14,17H2,1-2H3,(H,29,30,31,32). The van der Waals surface area contributed by atoms with E-state index >= 15 is 0 Å². The van der Waals surface area contributed by atoms with Crippen molar-refractivity contribution in [2.75, 3.05) is 13.1 Å². The Morgan fingerprint density at radius 2 is 1.80 bits per heavy atom. The van der Waals surface area contributed by atoms with Gasteiger partial charge in [0.1, 0.15) is 17.9 Å². The van der Waals surface area contributed by atoms with Crippen LogP contribution in [0.3, 0.4) is 0 Å². The van der Waals surface area contributed by atoms with Gasteiger partial charge < -0.3 is 9.64 Å². The fraction of sp³-hybridized carbons (Fsp3) is 0.296. The molecule has 0 saturated carbocycles. The fourth-order valence-electron chi connectivity index (χ4n) is 4.60. The van der Waals surface area contributed by atoms with Gasteiger partial charge in [0, 0.05) is 30.4 Å². The zero-order valence-electron chi connectivity index (χ0n) is 20.0. The number of carbonyl (C=O) groups excluding carboxylic acids is 1. The van der Waals surface area contributed by atoms with Crippen molar-refractivity contribution in [3.63, 3.8) is 0 Å². The molecule has 178 valence electrons. The molecule has 8 heteroatoms. The van der Waals surface area contributed by atoms with Crippen molar-refractivity contribution in [2.45, 2.75) is 39.7 Å². The highest BCUT2D eigenvalue weighted by molar-refractivity contribution is 5.98. The zero-order valence-corrected chi connectivity index (χ0v) is 20.0. The van der Waals surface area contributed by atoms with E-state index in [0.717, 1.165) is 53.9 Å². The van der Waals surface area contributed by atoms with Gasteiger partial charge in [-0.25, -0.2) is 5.10 Å². The molecule has 1 saturated heterocycles. The van der Waals surface area contributed by atoms with Crippen molar-refractivity contribution in [3.8, 4) is 28.3 Å². The lowest BCUT2D eigenvalue weighted by atomic mass is 9.97. The van der Waals surface area contributed by atoms with Gasteiger partial charge in [0.25, 0.3) is 5.91 Å². The van der Waals surface area contributed by atoms with Crippen LogP contribution in [0.2, 0.25) is 0 Å². The fourth-order valence-corrected chi connectivity index (χ4v) is 4.60. The normalized spacial score (nSPS) is 13.6. The number of likely N-dealkylation sites (tertiary alicyclic amines) is 1. The molecule has 2 aromatic heterocycles. The predicted octanol–water partition coefficient (Wildman–Crippen LogP) is 4.75. The highest BCUT2D eigenvalue weighted by Gasteiger charge is 2.24. The quantitative estimate of drug-likeness (QED) is 0.439.